The van der Waals surface area contributed by atoms with Crippen LogP contribution in [0.15, 0.2) is 30.0 Å². The van der Waals surface area contributed by atoms with Gasteiger partial charge in [0.15, 0.2) is 6.10 Å². The maximum atomic E-state index is 12.6. The quantitative estimate of drug-likeness (QED) is 0.504. The topological polar surface area (TPSA) is 79.8 Å². The maximum Gasteiger partial charge on any atom is 0.416 e. The number of alkyl halides is 6. The highest BCUT2D eigenvalue weighted by molar-refractivity contribution is 5.53. The van der Waals surface area contributed by atoms with Gasteiger partial charge in [0.2, 0.25) is 0 Å². The Labute approximate surface area is 125 Å². The lowest BCUT2D eigenvalue weighted by Gasteiger charge is -2.14. The van der Waals surface area contributed by atoms with Crippen LogP contribution in [0.4, 0.5) is 32.0 Å². The summed E-state index contributed by atoms with van der Waals surface area (Å²) in [5, 5.41) is 28.2. The molecule has 0 spiro atoms. The Hall–Kier alpha value is -2.72. The van der Waals surface area contributed by atoms with Gasteiger partial charge in [-0.25, -0.2) is 0 Å². The van der Waals surface area contributed by atoms with Crippen LogP contribution in [0.25, 0.3) is 0 Å². The van der Waals surface area contributed by atoms with Crippen molar-refractivity contribution in [3.8, 4) is 12.1 Å². The first kappa shape index (κ1) is 18.3. The first-order chi connectivity index (χ1) is 10.5. The van der Waals surface area contributed by atoms with Crippen molar-refractivity contribution in [2.75, 3.05) is 5.32 Å². The Morgan fingerprint density at radius 2 is 1.52 bits per heavy atom. The molecule has 0 aliphatic rings. The van der Waals surface area contributed by atoms with E-state index in [0.29, 0.717) is 18.3 Å². The van der Waals surface area contributed by atoms with Crippen molar-refractivity contribution in [1.82, 2.24) is 0 Å². The highest BCUT2D eigenvalue weighted by Gasteiger charge is 2.36. The molecule has 1 atom stereocenters. The highest BCUT2D eigenvalue weighted by Crippen LogP contribution is 2.37. The molecule has 1 aromatic carbocycles. The number of halogens is 6. The molecule has 0 amide bonds. The van der Waals surface area contributed by atoms with E-state index >= 15 is 0 Å². The van der Waals surface area contributed by atoms with Crippen molar-refractivity contribution in [3.05, 3.63) is 41.1 Å². The Morgan fingerprint density at radius 1 is 1.04 bits per heavy atom. The zero-order valence-corrected chi connectivity index (χ0v) is 11.0. The van der Waals surface area contributed by atoms with E-state index in [0.717, 1.165) is 0 Å². The lowest BCUT2D eigenvalue weighted by molar-refractivity contribution is -0.143. The summed E-state index contributed by atoms with van der Waals surface area (Å²) in [6, 6.07) is 3.44. The van der Waals surface area contributed by atoms with Gasteiger partial charge < -0.3 is 10.4 Å². The minimum Gasteiger partial charge on any atom is -0.373 e. The van der Waals surface area contributed by atoms with E-state index in [-0.39, 0.29) is 6.07 Å². The van der Waals surface area contributed by atoms with E-state index in [9.17, 15) is 26.3 Å². The molecular formula is C13H7F6N3O. The molecule has 1 rings (SSSR count). The minimum absolute atomic E-state index is 0.0514. The lowest BCUT2D eigenvalue weighted by atomic mass is 10.1. The zero-order valence-electron chi connectivity index (χ0n) is 11.0. The molecule has 0 aromatic heterocycles. The first-order valence-electron chi connectivity index (χ1n) is 5.73. The predicted octanol–water partition coefficient (Wildman–Crippen LogP) is 3.43. The Morgan fingerprint density at radius 3 is 1.87 bits per heavy atom. The number of hydrogen-bond donors (Lipinski definition) is 2. The fourth-order valence-corrected chi connectivity index (χ4v) is 1.44. The van der Waals surface area contributed by atoms with Crippen molar-refractivity contribution >= 4 is 5.69 Å². The molecule has 0 saturated heterocycles. The van der Waals surface area contributed by atoms with Gasteiger partial charge in [-0.3, -0.25) is 0 Å². The summed E-state index contributed by atoms with van der Waals surface area (Å²) in [6.45, 7) is 0. The summed E-state index contributed by atoms with van der Waals surface area (Å²) in [4.78, 5) is 0. The molecule has 23 heavy (non-hydrogen) atoms. The standard InChI is InChI=1S/C13H7F6N3O/c14-12(15,16)8-1-9(13(17,18)19)3-10(2-8)22-6-7(4-20)11(23)5-21/h1-3,6,11,22-23H. The van der Waals surface area contributed by atoms with Crippen LogP contribution >= 0.6 is 0 Å². The van der Waals surface area contributed by atoms with E-state index in [1.807, 2.05) is 5.32 Å². The molecule has 122 valence electrons. The zero-order chi connectivity index (χ0) is 17.8. The van der Waals surface area contributed by atoms with E-state index in [4.69, 9.17) is 15.6 Å². The van der Waals surface area contributed by atoms with Gasteiger partial charge >= 0.3 is 12.4 Å². The summed E-state index contributed by atoms with van der Waals surface area (Å²) in [7, 11) is 0. The number of hydrogen-bond acceptors (Lipinski definition) is 4. The Bertz CT molecular complexity index is 661. The third kappa shape index (κ3) is 4.90. The van der Waals surface area contributed by atoms with E-state index in [1.165, 1.54) is 12.1 Å². The van der Waals surface area contributed by atoms with Gasteiger partial charge in [0.25, 0.3) is 0 Å². The molecule has 10 heteroatoms. The summed E-state index contributed by atoms with van der Waals surface area (Å²) in [5.74, 6) is 0. The Kier molecular flexibility index (Phi) is 5.25. The number of nitriles is 2. The second-order valence-electron chi connectivity index (χ2n) is 4.18. The first-order valence-corrected chi connectivity index (χ1v) is 5.73. The fraction of sp³-hybridized carbons (Fsp3) is 0.231. The molecule has 0 heterocycles. The molecule has 0 fully saturated rings. The number of aliphatic hydroxyl groups excluding tert-OH is 1. The highest BCUT2D eigenvalue weighted by atomic mass is 19.4. The summed E-state index contributed by atoms with van der Waals surface area (Å²) in [5.41, 5.74) is -4.26. The molecule has 1 aromatic rings. The molecule has 0 saturated carbocycles. The van der Waals surface area contributed by atoms with Crippen molar-refractivity contribution in [1.29, 1.82) is 10.5 Å². The van der Waals surface area contributed by atoms with E-state index in [2.05, 4.69) is 0 Å². The molecule has 2 N–H and O–H groups in total. The van der Waals surface area contributed by atoms with Crippen LogP contribution in [0.1, 0.15) is 11.1 Å². The third-order valence-electron chi connectivity index (χ3n) is 2.53. The fourth-order valence-electron chi connectivity index (χ4n) is 1.44. The Balaban J connectivity index is 3.30. The van der Waals surface area contributed by atoms with Gasteiger partial charge in [-0.1, -0.05) is 0 Å². The molecule has 4 nitrogen and oxygen atoms in total. The predicted molar refractivity (Wildman–Crippen MR) is 65.4 cm³/mol. The molecular weight excluding hydrogens is 328 g/mol. The molecule has 0 bridgehead atoms. The molecule has 0 aliphatic heterocycles. The minimum atomic E-state index is -5.01. The smallest absolute Gasteiger partial charge is 0.373 e. The SMILES string of the molecule is N#CC(=CNc1cc(C(F)(F)F)cc(C(F)(F)F)c1)C(O)C#N. The molecule has 1 unspecified atom stereocenters. The number of aliphatic hydroxyl groups is 1. The number of rotatable bonds is 3. The van der Waals surface area contributed by atoms with Crippen LogP contribution in [0.5, 0.6) is 0 Å². The molecule has 0 aliphatic carbocycles. The van der Waals surface area contributed by atoms with E-state index < -0.39 is 40.8 Å². The van der Waals surface area contributed by atoms with Crippen LogP contribution in [-0.4, -0.2) is 11.2 Å². The van der Waals surface area contributed by atoms with Crippen LogP contribution in [0.2, 0.25) is 0 Å². The van der Waals surface area contributed by atoms with Crippen molar-refractivity contribution in [2.24, 2.45) is 0 Å². The van der Waals surface area contributed by atoms with Crippen molar-refractivity contribution in [3.63, 3.8) is 0 Å². The van der Waals surface area contributed by atoms with Crippen molar-refractivity contribution < 1.29 is 31.4 Å². The number of nitrogens with zero attached hydrogens (tertiary/aromatic N) is 2. The van der Waals surface area contributed by atoms with Gasteiger partial charge in [0.1, 0.15) is 6.07 Å². The second kappa shape index (κ2) is 6.58. The van der Waals surface area contributed by atoms with Gasteiger partial charge in [-0.15, -0.1) is 0 Å². The van der Waals surface area contributed by atoms with Crippen LogP contribution in [-0.2, 0) is 12.4 Å². The normalized spacial score (nSPS) is 13.9. The summed E-state index contributed by atoms with van der Waals surface area (Å²) >= 11 is 0. The van der Waals surface area contributed by atoms with Gasteiger partial charge in [-0.05, 0) is 18.2 Å². The summed E-state index contributed by atoms with van der Waals surface area (Å²) in [6.07, 6.45) is -11.2. The van der Waals surface area contributed by atoms with Crippen LogP contribution < -0.4 is 5.32 Å². The number of nitrogens with one attached hydrogen (secondary N) is 1. The van der Waals surface area contributed by atoms with Gasteiger partial charge in [-0.2, -0.15) is 36.9 Å². The summed E-state index contributed by atoms with van der Waals surface area (Å²) < 4.78 is 75.8. The average molecular weight is 335 g/mol. The van der Waals surface area contributed by atoms with Gasteiger partial charge in [0.05, 0.1) is 22.8 Å². The van der Waals surface area contributed by atoms with Crippen LogP contribution in [0.3, 0.4) is 0 Å². The van der Waals surface area contributed by atoms with E-state index in [1.54, 1.807) is 0 Å². The van der Waals surface area contributed by atoms with Gasteiger partial charge in [0, 0.05) is 11.9 Å². The second-order valence-corrected chi connectivity index (χ2v) is 4.18. The lowest BCUT2D eigenvalue weighted by Crippen LogP contribution is -2.12. The number of benzene rings is 1. The maximum absolute atomic E-state index is 12.6. The molecule has 0 radical (unpaired) electrons. The monoisotopic (exact) mass is 335 g/mol. The van der Waals surface area contributed by atoms with Crippen LogP contribution in [0, 0.1) is 22.7 Å². The number of anilines is 1. The largest absolute Gasteiger partial charge is 0.416 e. The average Bonchev–Trinajstić information content (AvgIpc) is 2.45. The third-order valence-corrected chi connectivity index (χ3v) is 2.53. The van der Waals surface area contributed by atoms with Crippen molar-refractivity contribution in [2.45, 2.75) is 18.5 Å².